The molecular formula is C6H19NOSi. The van der Waals surface area contributed by atoms with Crippen molar-refractivity contribution in [3.8, 4) is 0 Å². The Kier molecular flexibility index (Phi) is 20.7. The Bertz CT molecular complexity index is 32.2. The van der Waals surface area contributed by atoms with Gasteiger partial charge in [0, 0.05) is 6.61 Å². The molecule has 0 aromatic heterocycles. The third kappa shape index (κ3) is 31.1. The number of rotatable bonds is 3. The third-order valence-electron chi connectivity index (χ3n) is 0.789. The Hall–Kier alpha value is 0.137. The van der Waals surface area contributed by atoms with Crippen LogP contribution in [-0.2, 0) is 4.43 Å². The second-order valence-electron chi connectivity index (χ2n) is 1.53. The summed E-state index contributed by atoms with van der Waals surface area (Å²) in [7, 11) is 0.890. The van der Waals surface area contributed by atoms with Crippen molar-refractivity contribution in [3.05, 3.63) is 0 Å². The van der Waals surface area contributed by atoms with E-state index in [0.717, 1.165) is 30.2 Å². The molecule has 3 heteroatoms. The van der Waals surface area contributed by atoms with E-state index in [1.54, 1.807) is 0 Å². The summed E-state index contributed by atoms with van der Waals surface area (Å²) in [5.74, 6) is 0. The second kappa shape index (κ2) is 15.7. The quantitative estimate of drug-likeness (QED) is 0.567. The molecule has 0 heterocycles. The second-order valence-corrected chi connectivity index (χ2v) is 2.11. The van der Waals surface area contributed by atoms with Gasteiger partial charge >= 0.3 is 0 Å². The van der Waals surface area contributed by atoms with E-state index < -0.39 is 0 Å². The topological polar surface area (TPSA) is 21.3 Å². The molecule has 0 aliphatic rings. The van der Waals surface area contributed by atoms with E-state index in [1.807, 2.05) is 6.92 Å². The highest BCUT2D eigenvalue weighted by Gasteiger charge is 1.62. The molecule has 2 nitrogen and oxygen atoms in total. The van der Waals surface area contributed by atoms with E-state index >= 15 is 0 Å². The highest BCUT2D eigenvalue weighted by atomic mass is 28.2. The van der Waals surface area contributed by atoms with Crippen LogP contribution in [0.25, 0.3) is 0 Å². The van der Waals surface area contributed by atoms with Gasteiger partial charge in [-0.05, 0) is 20.0 Å². The molecule has 9 heavy (non-hydrogen) atoms. The maximum atomic E-state index is 4.68. The minimum Gasteiger partial charge on any atom is -0.428 e. The van der Waals surface area contributed by atoms with Gasteiger partial charge in [-0.1, -0.05) is 13.8 Å². The Morgan fingerprint density at radius 2 is 1.56 bits per heavy atom. The van der Waals surface area contributed by atoms with Crippen LogP contribution in [0, 0.1) is 0 Å². The van der Waals surface area contributed by atoms with Crippen LogP contribution in [0.4, 0.5) is 0 Å². The molecule has 1 N–H and O–H groups in total. The molecule has 0 amide bonds. The van der Waals surface area contributed by atoms with Crippen LogP contribution in [0.1, 0.15) is 20.8 Å². The van der Waals surface area contributed by atoms with Gasteiger partial charge in [-0.25, -0.2) is 0 Å². The molecule has 0 aliphatic heterocycles. The zero-order valence-electron chi connectivity index (χ0n) is 7.03. The van der Waals surface area contributed by atoms with Crippen molar-refractivity contribution in [1.29, 1.82) is 0 Å². The average molecular weight is 149 g/mol. The Labute approximate surface area is 61.5 Å². The van der Waals surface area contributed by atoms with Crippen LogP contribution in [0.5, 0.6) is 0 Å². The highest BCUT2D eigenvalue weighted by Crippen LogP contribution is 1.50. The summed E-state index contributed by atoms with van der Waals surface area (Å²) in [5, 5.41) is 3.11. The van der Waals surface area contributed by atoms with Crippen LogP contribution < -0.4 is 5.32 Å². The minimum absolute atomic E-state index is 0.881. The number of hydrogen-bond donors (Lipinski definition) is 1. The lowest BCUT2D eigenvalue weighted by atomic mass is 10.7. The molecule has 0 fully saturated rings. The molecule has 0 spiro atoms. The van der Waals surface area contributed by atoms with Crippen LogP contribution in [-0.4, -0.2) is 30.2 Å². The summed E-state index contributed by atoms with van der Waals surface area (Å²) in [6.07, 6.45) is 0. The van der Waals surface area contributed by atoms with Gasteiger partial charge in [0.15, 0.2) is 0 Å². The van der Waals surface area contributed by atoms with Gasteiger partial charge in [0.25, 0.3) is 0 Å². The smallest absolute Gasteiger partial charge is 0.145 e. The molecule has 0 bridgehead atoms. The van der Waals surface area contributed by atoms with E-state index in [4.69, 9.17) is 0 Å². The monoisotopic (exact) mass is 149 g/mol. The number of hydrogen-bond acceptors (Lipinski definition) is 2. The van der Waals surface area contributed by atoms with E-state index in [2.05, 4.69) is 23.6 Å². The van der Waals surface area contributed by atoms with Crippen LogP contribution in [0.2, 0.25) is 0 Å². The van der Waals surface area contributed by atoms with Crippen molar-refractivity contribution in [2.45, 2.75) is 20.8 Å². The van der Waals surface area contributed by atoms with E-state index in [0.29, 0.717) is 0 Å². The first kappa shape index (κ1) is 11.9. The van der Waals surface area contributed by atoms with Gasteiger partial charge in [-0.2, -0.15) is 0 Å². The standard InChI is InChI=1S/C4H11N.C2H8OSi/c1-3-5-4-2;1-2-3-4/h5H,3-4H2,1-2H3;2H2,1,4H3. The number of nitrogens with one attached hydrogen (secondary N) is 1. The first-order valence-corrected chi connectivity index (χ1v) is 4.34. The SMILES string of the molecule is CCNCC.CCO[SiH3]. The third-order valence-corrected chi connectivity index (χ3v) is 1.37. The lowest BCUT2D eigenvalue weighted by Gasteiger charge is -1.86. The summed E-state index contributed by atoms with van der Waals surface area (Å²) >= 11 is 0. The lowest BCUT2D eigenvalue weighted by Crippen LogP contribution is -2.09. The summed E-state index contributed by atoms with van der Waals surface area (Å²) in [6.45, 7) is 9.26. The molecule has 0 atom stereocenters. The van der Waals surface area contributed by atoms with E-state index in [-0.39, 0.29) is 0 Å². The molecule has 58 valence electrons. The molecule has 0 aromatic rings. The van der Waals surface area contributed by atoms with Crippen molar-refractivity contribution in [2.24, 2.45) is 0 Å². The fourth-order valence-electron chi connectivity index (χ4n) is 0.250. The van der Waals surface area contributed by atoms with E-state index in [1.165, 1.54) is 0 Å². The van der Waals surface area contributed by atoms with Crippen molar-refractivity contribution >= 4 is 10.5 Å². The zero-order chi connectivity index (χ0) is 7.54. The molecular weight excluding hydrogens is 130 g/mol. The van der Waals surface area contributed by atoms with Gasteiger partial charge in [-0.3, -0.25) is 0 Å². The predicted molar refractivity (Wildman–Crippen MR) is 45.8 cm³/mol. The normalized spacial score (nSPS) is 8.33. The van der Waals surface area contributed by atoms with Crippen molar-refractivity contribution < 1.29 is 4.43 Å². The Morgan fingerprint density at radius 3 is 1.56 bits per heavy atom. The van der Waals surface area contributed by atoms with Crippen LogP contribution in [0.3, 0.4) is 0 Å². The summed E-state index contributed by atoms with van der Waals surface area (Å²) < 4.78 is 4.68. The largest absolute Gasteiger partial charge is 0.428 e. The van der Waals surface area contributed by atoms with Crippen LogP contribution >= 0.6 is 0 Å². The summed E-state index contributed by atoms with van der Waals surface area (Å²) in [6, 6.07) is 0. The van der Waals surface area contributed by atoms with Crippen molar-refractivity contribution in [3.63, 3.8) is 0 Å². The van der Waals surface area contributed by atoms with Gasteiger partial charge in [0.1, 0.15) is 10.5 Å². The highest BCUT2D eigenvalue weighted by molar-refractivity contribution is 5.97. The fourth-order valence-corrected chi connectivity index (χ4v) is 0.250. The summed E-state index contributed by atoms with van der Waals surface area (Å²) in [4.78, 5) is 0. The maximum absolute atomic E-state index is 4.68. The van der Waals surface area contributed by atoms with Crippen molar-refractivity contribution in [2.75, 3.05) is 19.7 Å². The fraction of sp³-hybridized carbons (Fsp3) is 1.00. The Balaban J connectivity index is 0. The van der Waals surface area contributed by atoms with Gasteiger partial charge in [0.05, 0.1) is 0 Å². The average Bonchev–Trinajstić information content (AvgIpc) is 1.91. The first-order valence-electron chi connectivity index (χ1n) is 3.53. The lowest BCUT2D eigenvalue weighted by molar-refractivity contribution is 0.375. The van der Waals surface area contributed by atoms with Gasteiger partial charge < -0.3 is 9.74 Å². The summed E-state index contributed by atoms with van der Waals surface area (Å²) in [5.41, 5.74) is 0. The minimum atomic E-state index is 0.881. The first-order chi connectivity index (χ1) is 4.33. The molecule has 0 saturated carbocycles. The molecule has 0 unspecified atom stereocenters. The van der Waals surface area contributed by atoms with Gasteiger partial charge in [0.2, 0.25) is 0 Å². The zero-order valence-corrected chi connectivity index (χ0v) is 9.03. The molecule has 0 saturated heterocycles. The molecule has 0 aliphatic carbocycles. The van der Waals surface area contributed by atoms with Crippen LogP contribution in [0.15, 0.2) is 0 Å². The molecule has 0 radical (unpaired) electrons. The molecule has 0 rings (SSSR count). The van der Waals surface area contributed by atoms with E-state index in [9.17, 15) is 0 Å². The molecule has 0 aromatic carbocycles. The maximum Gasteiger partial charge on any atom is 0.145 e. The van der Waals surface area contributed by atoms with Gasteiger partial charge in [-0.15, -0.1) is 0 Å². The predicted octanol–water partition coefficient (Wildman–Crippen LogP) is -0.0809. The Morgan fingerprint density at radius 1 is 1.22 bits per heavy atom. The van der Waals surface area contributed by atoms with Crippen molar-refractivity contribution in [1.82, 2.24) is 5.32 Å².